The molecule has 0 radical (unpaired) electrons. The van der Waals surface area contributed by atoms with Crippen LogP contribution in [-0.4, -0.2) is 23.8 Å². The monoisotopic (exact) mass is 481 g/mol. The van der Waals surface area contributed by atoms with Gasteiger partial charge in [0, 0.05) is 27.1 Å². The van der Waals surface area contributed by atoms with Crippen LogP contribution in [-0.2, 0) is 5.41 Å². The number of rotatable bonds is 5. The van der Waals surface area contributed by atoms with E-state index in [0.29, 0.717) is 11.3 Å². The molecule has 0 aliphatic heterocycles. The van der Waals surface area contributed by atoms with E-state index in [0.717, 1.165) is 27.1 Å². The molecule has 3 aromatic rings. The molecule has 1 aromatic heterocycles. The van der Waals surface area contributed by atoms with Gasteiger partial charge in [-0.15, -0.1) is 0 Å². The molecule has 0 spiro atoms. The summed E-state index contributed by atoms with van der Waals surface area (Å²) in [5.74, 6) is 0.161. The second-order valence-electron chi connectivity index (χ2n) is 8.50. The highest BCUT2D eigenvalue weighted by Crippen LogP contribution is 2.26. The molecular formula is C25H28BrN3O2. The number of hydrazone groups is 1. The maximum absolute atomic E-state index is 12.5. The maximum Gasteiger partial charge on any atom is 0.275 e. The molecule has 31 heavy (non-hydrogen) atoms. The van der Waals surface area contributed by atoms with Gasteiger partial charge in [-0.05, 0) is 61.2 Å². The summed E-state index contributed by atoms with van der Waals surface area (Å²) in [6.45, 7) is 10.7. The lowest BCUT2D eigenvalue weighted by atomic mass is 9.87. The summed E-state index contributed by atoms with van der Waals surface area (Å²) in [6.07, 6.45) is 1.67. The molecule has 1 N–H and O–H groups in total. The minimum absolute atomic E-state index is 0.117. The fourth-order valence-corrected chi connectivity index (χ4v) is 3.87. The summed E-state index contributed by atoms with van der Waals surface area (Å²) in [4.78, 5) is 12.5. The van der Waals surface area contributed by atoms with Gasteiger partial charge in [0.2, 0.25) is 0 Å². The first-order chi connectivity index (χ1) is 14.6. The first kappa shape index (κ1) is 22.8. The summed E-state index contributed by atoms with van der Waals surface area (Å²) >= 11 is 3.38. The van der Waals surface area contributed by atoms with E-state index in [9.17, 15) is 4.79 Å². The summed E-state index contributed by atoms with van der Waals surface area (Å²) in [5.41, 5.74) is 8.62. The first-order valence-corrected chi connectivity index (χ1v) is 10.9. The van der Waals surface area contributed by atoms with Crippen molar-refractivity contribution in [2.45, 2.75) is 40.0 Å². The van der Waals surface area contributed by atoms with Crippen molar-refractivity contribution in [3.63, 3.8) is 0 Å². The van der Waals surface area contributed by atoms with Crippen molar-refractivity contribution in [2.24, 2.45) is 5.10 Å². The van der Waals surface area contributed by atoms with E-state index in [1.54, 1.807) is 18.3 Å². The van der Waals surface area contributed by atoms with Crippen molar-refractivity contribution in [2.75, 3.05) is 7.11 Å². The SMILES string of the molecule is COc1ccc(Br)cc1C(=O)N/N=C\c1cc(C)n(-c2ccc(C(C)(C)C)cc2)c1C. The number of ether oxygens (including phenoxy) is 1. The summed E-state index contributed by atoms with van der Waals surface area (Å²) in [7, 11) is 1.53. The lowest BCUT2D eigenvalue weighted by Gasteiger charge is -2.20. The van der Waals surface area contributed by atoms with Crippen molar-refractivity contribution in [1.82, 2.24) is 9.99 Å². The highest BCUT2D eigenvalue weighted by atomic mass is 79.9. The van der Waals surface area contributed by atoms with Gasteiger partial charge >= 0.3 is 0 Å². The predicted octanol–water partition coefficient (Wildman–Crippen LogP) is 5.93. The molecule has 0 aliphatic carbocycles. The Morgan fingerprint density at radius 1 is 1.10 bits per heavy atom. The number of nitrogens with one attached hydrogen (secondary N) is 1. The summed E-state index contributed by atoms with van der Waals surface area (Å²) < 4.78 is 8.25. The zero-order chi connectivity index (χ0) is 22.8. The predicted molar refractivity (Wildman–Crippen MR) is 130 cm³/mol. The first-order valence-electron chi connectivity index (χ1n) is 10.1. The number of hydrogen-bond donors (Lipinski definition) is 1. The van der Waals surface area contributed by atoms with E-state index in [4.69, 9.17) is 4.74 Å². The quantitative estimate of drug-likeness (QED) is 0.362. The van der Waals surface area contributed by atoms with Gasteiger partial charge in [0.25, 0.3) is 5.91 Å². The van der Waals surface area contributed by atoms with Gasteiger partial charge < -0.3 is 9.30 Å². The molecule has 0 unspecified atom stereocenters. The number of carbonyl (C=O) groups excluding carboxylic acids is 1. The van der Waals surface area contributed by atoms with Crippen LogP contribution in [0.5, 0.6) is 5.75 Å². The third kappa shape index (κ3) is 5.07. The largest absolute Gasteiger partial charge is 0.496 e. The standard InChI is InChI=1S/C25H28BrN3O2/c1-16-13-18(15-27-28-24(30)22-14-20(26)9-12-23(22)31-6)17(2)29(16)21-10-7-19(8-11-21)25(3,4)5/h7-15H,1-6H3,(H,28,30)/b27-15-. The number of nitrogens with zero attached hydrogens (tertiary/aromatic N) is 2. The van der Waals surface area contributed by atoms with Crippen molar-refractivity contribution < 1.29 is 9.53 Å². The molecule has 0 saturated heterocycles. The van der Waals surface area contributed by atoms with Gasteiger partial charge in [-0.2, -0.15) is 5.10 Å². The highest BCUT2D eigenvalue weighted by molar-refractivity contribution is 9.10. The zero-order valence-electron chi connectivity index (χ0n) is 18.8. The van der Waals surface area contributed by atoms with E-state index in [1.165, 1.54) is 12.7 Å². The Morgan fingerprint density at radius 2 is 1.77 bits per heavy atom. The number of halogens is 1. The number of aryl methyl sites for hydroxylation is 1. The van der Waals surface area contributed by atoms with Crippen molar-refractivity contribution in [3.8, 4) is 11.4 Å². The van der Waals surface area contributed by atoms with Crippen LogP contribution in [0.25, 0.3) is 5.69 Å². The number of amides is 1. The van der Waals surface area contributed by atoms with Crippen LogP contribution in [0, 0.1) is 13.8 Å². The van der Waals surface area contributed by atoms with Gasteiger partial charge in [0.05, 0.1) is 18.9 Å². The zero-order valence-corrected chi connectivity index (χ0v) is 20.4. The normalized spacial score (nSPS) is 11.7. The van der Waals surface area contributed by atoms with Crippen molar-refractivity contribution in [1.29, 1.82) is 0 Å². The van der Waals surface area contributed by atoms with E-state index >= 15 is 0 Å². The molecule has 1 heterocycles. The molecule has 6 heteroatoms. The second kappa shape index (κ2) is 9.10. The molecule has 0 fully saturated rings. The van der Waals surface area contributed by atoms with Crippen LogP contribution in [0.15, 0.2) is 58.1 Å². The Labute approximate surface area is 192 Å². The Bertz CT molecular complexity index is 1120. The molecule has 1 amide bonds. The molecule has 0 aliphatic rings. The van der Waals surface area contributed by atoms with Crippen LogP contribution < -0.4 is 10.2 Å². The molecule has 0 saturated carbocycles. The minimum atomic E-state index is -0.332. The Balaban J connectivity index is 1.80. The molecule has 0 atom stereocenters. The summed E-state index contributed by atoms with van der Waals surface area (Å²) in [6, 6.07) is 16.0. The van der Waals surface area contributed by atoms with Crippen LogP contribution in [0.2, 0.25) is 0 Å². The number of benzene rings is 2. The van der Waals surface area contributed by atoms with Crippen molar-refractivity contribution in [3.05, 3.63) is 81.1 Å². The fourth-order valence-electron chi connectivity index (χ4n) is 3.50. The Kier molecular flexibility index (Phi) is 6.70. The second-order valence-corrected chi connectivity index (χ2v) is 9.42. The minimum Gasteiger partial charge on any atom is -0.496 e. The lowest BCUT2D eigenvalue weighted by Crippen LogP contribution is -2.18. The van der Waals surface area contributed by atoms with Gasteiger partial charge in [-0.1, -0.05) is 48.8 Å². The maximum atomic E-state index is 12.5. The van der Waals surface area contributed by atoms with Crippen molar-refractivity contribution >= 4 is 28.1 Å². The number of methoxy groups -OCH3 is 1. The Morgan fingerprint density at radius 3 is 2.39 bits per heavy atom. The number of carbonyl (C=O) groups is 1. The lowest BCUT2D eigenvalue weighted by molar-refractivity contribution is 0.0952. The Hall–Kier alpha value is -2.86. The van der Waals surface area contributed by atoms with E-state index in [1.807, 2.05) is 13.0 Å². The molecule has 0 bridgehead atoms. The summed E-state index contributed by atoms with van der Waals surface area (Å²) in [5, 5.41) is 4.17. The molecule has 3 rings (SSSR count). The van der Waals surface area contributed by atoms with Crippen LogP contribution in [0.3, 0.4) is 0 Å². The molecule has 5 nitrogen and oxygen atoms in total. The highest BCUT2D eigenvalue weighted by Gasteiger charge is 2.15. The topological polar surface area (TPSA) is 55.6 Å². The van der Waals surface area contributed by atoms with Crippen LogP contribution in [0.1, 0.15) is 53.6 Å². The van der Waals surface area contributed by atoms with Gasteiger partial charge in [-0.3, -0.25) is 4.79 Å². The average Bonchev–Trinajstić information content (AvgIpc) is 3.00. The van der Waals surface area contributed by atoms with E-state index in [2.05, 4.69) is 89.1 Å². The molecule has 2 aromatic carbocycles. The number of hydrogen-bond acceptors (Lipinski definition) is 3. The fraction of sp³-hybridized carbons (Fsp3) is 0.280. The third-order valence-corrected chi connectivity index (χ3v) is 5.73. The van der Waals surface area contributed by atoms with Gasteiger partial charge in [-0.25, -0.2) is 5.43 Å². The smallest absolute Gasteiger partial charge is 0.275 e. The molecular weight excluding hydrogens is 454 g/mol. The molecule has 162 valence electrons. The van der Waals surface area contributed by atoms with Gasteiger partial charge in [0.15, 0.2) is 0 Å². The van der Waals surface area contributed by atoms with Crippen LogP contribution in [0.4, 0.5) is 0 Å². The third-order valence-electron chi connectivity index (χ3n) is 5.24. The van der Waals surface area contributed by atoms with Crippen LogP contribution >= 0.6 is 15.9 Å². The van der Waals surface area contributed by atoms with E-state index in [-0.39, 0.29) is 11.3 Å². The van der Waals surface area contributed by atoms with Gasteiger partial charge in [0.1, 0.15) is 5.75 Å². The van der Waals surface area contributed by atoms with E-state index < -0.39 is 0 Å². The average molecular weight is 482 g/mol. The number of aromatic nitrogens is 1.